The molecule has 1 atom stereocenters. The van der Waals surface area contributed by atoms with E-state index in [1.807, 2.05) is 13.1 Å². The molecular weight excluding hydrogens is 238 g/mol. The Kier molecular flexibility index (Phi) is 7.34. The van der Waals surface area contributed by atoms with Crippen LogP contribution in [0.25, 0.3) is 0 Å². The topological polar surface area (TPSA) is 30.5 Å². The van der Waals surface area contributed by atoms with Crippen molar-refractivity contribution in [2.24, 2.45) is 0 Å². The van der Waals surface area contributed by atoms with Gasteiger partial charge in [-0.1, -0.05) is 19.9 Å². The zero-order chi connectivity index (χ0) is 14.1. The number of rotatable bonds is 9. The number of aryl methyl sites for hydroxylation is 1. The van der Waals surface area contributed by atoms with Gasteiger partial charge in [0.05, 0.1) is 13.7 Å². The summed E-state index contributed by atoms with van der Waals surface area (Å²) in [7, 11) is 3.71. The molecule has 0 amide bonds. The van der Waals surface area contributed by atoms with Crippen LogP contribution in [0.3, 0.4) is 0 Å². The molecule has 0 aromatic heterocycles. The molecule has 0 saturated carbocycles. The molecule has 1 rings (SSSR count). The highest BCUT2D eigenvalue weighted by Gasteiger charge is 2.06. The van der Waals surface area contributed by atoms with Crippen molar-refractivity contribution in [1.82, 2.24) is 5.32 Å². The van der Waals surface area contributed by atoms with E-state index >= 15 is 0 Å². The first kappa shape index (κ1) is 15.8. The Morgan fingerprint density at radius 2 is 2.00 bits per heavy atom. The Labute approximate surface area is 117 Å². The third-order valence-electron chi connectivity index (χ3n) is 3.49. The van der Waals surface area contributed by atoms with Gasteiger partial charge in [0, 0.05) is 6.04 Å². The van der Waals surface area contributed by atoms with Crippen LogP contribution in [0.1, 0.15) is 38.7 Å². The second-order valence-corrected chi connectivity index (χ2v) is 4.72. The molecule has 0 aliphatic heterocycles. The first-order chi connectivity index (χ1) is 9.24. The summed E-state index contributed by atoms with van der Waals surface area (Å²) in [5, 5.41) is 3.31. The number of ether oxygens (including phenoxy) is 2. The van der Waals surface area contributed by atoms with Gasteiger partial charge >= 0.3 is 0 Å². The molecule has 0 saturated heterocycles. The molecule has 1 unspecified atom stereocenters. The number of methoxy groups -OCH3 is 1. The van der Waals surface area contributed by atoms with Gasteiger partial charge in [-0.25, -0.2) is 0 Å². The lowest BCUT2D eigenvalue weighted by atomic mass is 10.1. The average molecular weight is 265 g/mol. The van der Waals surface area contributed by atoms with Gasteiger partial charge in [-0.15, -0.1) is 0 Å². The van der Waals surface area contributed by atoms with Crippen molar-refractivity contribution in [3.8, 4) is 11.5 Å². The molecule has 3 nitrogen and oxygen atoms in total. The molecular formula is C16H27NO2. The predicted octanol–water partition coefficient (Wildman–Crippen LogP) is 3.41. The Bertz CT molecular complexity index is 362. The molecule has 0 bridgehead atoms. The predicted molar refractivity (Wildman–Crippen MR) is 80.2 cm³/mol. The van der Waals surface area contributed by atoms with Gasteiger partial charge in [-0.2, -0.15) is 0 Å². The molecule has 0 aliphatic carbocycles. The van der Waals surface area contributed by atoms with Crippen molar-refractivity contribution in [3.63, 3.8) is 0 Å². The largest absolute Gasteiger partial charge is 0.493 e. The van der Waals surface area contributed by atoms with Crippen molar-refractivity contribution in [2.75, 3.05) is 20.8 Å². The number of hydrogen-bond acceptors (Lipinski definition) is 3. The molecule has 1 N–H and O–H groups in total. The molecule has 19 heavy (non-hydrogen) atoms. The third-order valence-corrected chi connectivity index (χ3v) is 3.49. The Morgan fingerprint density at radius 3 is 2.58 bits per heavy atom. The molecule has 1 aromatic carbocycles. The molecule has 3 heteroatoms. The molecule has 0 aliphatic rings. The Balaban J connectivity index is 2.44. The van der Waals surface area contributed by atoms with Crippen LogP contribution in [0.4, 0.5) is 0 Å². The normalized spacial score (nSPS) is 12.2. The molecule has 0 fully saturated rings. The smallest absolute Gasteiger partial charge is 0.161 e. The highest BCUT2D eigenvalue weighted by atomic mass is 16.5. The van der Waals surface area contributed by atoms with Gasteiger partial charge in [-0.3, -0.25) is 0 Å². The fourth-order valence-corrected chi connectivity index (χ4v) is 2.12. The molecule has 1 aromatic rings. The van der Waals surface area contributed by atoms with Crippen LogP contribution in [-0.2, 0) is 6.42 Å². The quantitative estimate of drug-likeness (QED) is 0.694. The van der Waals surface area contributed by atoms with Crippen LogP contribution in [0.5, 0.6) is 11.5 Å². The van der Waals surface area contributed by atoms with E-state index < -0.39 is 0 Å². The summed E-state index contributed by atoms with van der Waals surface area (Å²) in [6.07, 6.45) is 4.36. The second-order valence-electron chi connectivity index (χ2n) is 4.72. The summed E-state index contributed by atoms with van der Waals surface area (Å²) in [5.74, 6) is 1.68. The lowest BCUT2D eigenvalue weighted by Gasteiger charge is -2.15. The summed E-state index contributed by atoms with van der Waals surface area (Å²) in [6, 6.07) is 6.75. The first-order valence-corrected chi connectivity index (χ1v) is 7.22. The van der Waals surface area contributed by atoms with E-state index in [0.717, 1.165) is 43.8 Å². The summed E-state index contributed by atoms with van der Waals surface area (Å²) >= 11 is 0. The zero-order valence-electron chi connectivity index (χ0n) is 12.7. The minimum Gasteiger partial charge on any atom is -0.493 e. The standard InChI is InChI=1S/C16H27NO2/c1-5-13-9-10-15(16(12-13)18-4)19-11-7-8-14(6-2)17-3/h9-10,12,14,17H,5-8,11H2,1-4H3. The molecule has 0 radical (unpaired) electrons. The van der Waals surface area contributed by atoms with Crippen molar-refractivity contribution in [1.29, 1.82) is 0 Å². The van der Waals surface area contributed by atoms with Crippen LogP contribution < -0.4 is 14.8 Å². The van der Waals surface area contributed by atoms with Gasteiger partial charge in [0.15, 0.2) is 11.5 Å². The minimum atomic E-state index is 0.591. The van der Waals surface area contributed by atoms with Crippen LogP contribution in [-0.4, -0.2) is 26.8 Å². The maximum atomic E-state index is 5.81. The van der Waals surface area contributed by atoms with Gasteiger partial charge in [0.1, 0.15) is 0 Å². The van der Waals surface area contributed by atoms with Gasteiger partial charge < -0.3 is 14.8 Å². The van der Waals surface area contributed by atoms with Crippen molar-refractivity contribution < 1.29 is 9.47 Å². The van der Waals surface area contributed by atoms with E-state index in [-0.39, 0.29) is 0 Å². The maximum absolute atomic E-state index is 5.81. The van der Waals surface area contributed by atoms with Gasteiger partial charge in [-0.05, 0) is 50.4 Å². The van der Waals surface area contributed by atoms with Crippen LogP contribution in [0.15, 0.2) is 18.2 Å². The van der Waals surface area contributed by atoms with E-state index in [4.69, 9.17) is 9.47 Å². The molecule has 0 spiro atoms. The van der Waals surface area contributed by atoms with E-state index in [0.29, 0.717) is 6.04 Å². The van der Waals surface area contributed by atoms with Crippen molar-refractivity contribution in [3.05, 3.63) is 23.8 Å². The van der Waals surface area contributed by atoms with Crippen LogP contribution in [0, 0.1) is 0 Å². The van der Waals surface area contributed by atoms with Gasteiger partial charge in [0.25, 0.3) is 0 Å². The number of benzene rings is 1. The maximum Gasteiger partial charge on any atom is 0.161 e. The summed E-state index contributed by atoms with van der Waals surface area (Å²) in [6.45, 7) is 5.08. The summed E-state index contributed by atoms with van der Waals surface area (Å²) in [4.78, 5) is 0. The Hall–Kier alpha value is -1.22. The van der Waals surface area contributed by atoms with Gasteiger partial charge in [0.2, 0.25) is 0 Å². The van der Waals surface area contributed by atoms with E-state index in [2.05, 4.69) is 31.3 Å². The Morgan fingerprint density at radius 1 is 1.21 bits per heavy atom. The fourth-order valence-electron chi connectivity index (χ4n) is 2.12. The third kappa shape index (κ3) is 5.11. The fraction of sp³-hybridized carbons (Fsp3) is 0.625. The van der Waals surface area contributed by atoms with E-state index in [1.165, 1.54) is 5.56 Å². The van der Waals surface area contributed by atoms with E-state index in [9.17, 15) is 0 Å². The first-order valence-electron chi connectivity index (χ1n) is 7.22. The summed E-state index contributed by atoms with van der Waals surface area (Å²) in [5.41, 5.74) is 1.27. The van der Waals surface area contributed by atoms with Crippen molar-refractivity contribution in [2.45, 2.75) is 45.6 Å². The minimum absolute atomic E-state index is 0.591. The molecule has 108 valence electrons. The van der Waals surface area contributed by atoms with Crippen LogP contribution >= 0.6 is 0 Å². The number of nitrogens with one attached hydrogen (secondary N) is 1. The van der Waals surface area contributed by atoms with Crippen molar-refractivity contribution >= 4 is 0 Å². The average Bonchev–Trinajstić information content (AvgIpc) is 2.47. The number of hydrogen-bond donors (Lipinski definition) is 1. The summed E-state index contributed by atoms with van der Waals surface area (Å²) < 4.78 is 11.2. The lowest BCUT2D eigenvalue weighted by Crippen LogP contribution is -2.24. The second kappa shape index (κ2) is 8.81. The van der Waals surface area contributed by atoms with Crippen LogP contribution in [0.2, 0.25) is 0 Å². The molecule has 0 heterocycles. The highest BCUT2D eigenvalue weighted by Crippen LogP contribution is 2.28. The SMILES string of the molecule is CCc1ccc(OCCCC(CC)NC)c(OC)c1. The highest BCUT2D eigenvalue weighted by molar-refractivity contribution is 5.42. The van der Waals surface area contributed by atoms with E-state index in [1.54, 1.807) is 7.11 Å². The zero-order valence-corrected chi connectivity index (χ0v) is 12.7. The monoisotopic (exact) mass is 265 g/mol. The lowest BCUT2D eigenvalue weighted by molar-refractivity contribution is 0.279.